The number of hydrogen-bond donors (Lipinski definition) is 2. The summed E-state index contributed by atoms with van der Waals surface area (Å²) in [5, 5.41) is 14.0. The largest absolute Gasteiger partial charge is 0.386 e. The highest BCUT2D eigenvalue weighted by Gasteiger charge is 2.47. The fraction of sp³-hybridized carbons (Fsp3) is 0.647. The van der Waals surface area contributed by atoms with Gasteiger partial charge < -0.3 is 15.2 Å². The number of β-amino-alcohol motifs (C(OH)–C–C–N with tert-alkyl or cyclic N) is 1. The van der Waals surface area contributed by atoms with Gasteiger partial charge >= 0.3 is 0 Å². The molecule has 1 aromatic carbocycles. The second kappa shape index (κ2) is 6.44. The van der Waals surface area contributed by atoms with Crippen LogP contribution >= 0.6 is 0 Å². The third-order valence-corrected chi connectivity index (χ3v) is 4.94. The molecule has 2 aliphatic rings. The molecular weight excluding hydrogens is 264 g/mol. The van der Waals surface area contributed by atoms with Crippen LogP contribution in [0.2, 0.25) is 0 Å². The van der Waals surface area contributed by atoms with E-state index in [4.69, 9.17) is 4.74 Å². The van der Waals surface area contributed by atoms with Crippen molar-refractivity contribution in [3.05, 3.63) is 35.9 Å². The lowest BCUT2D eigenvalue weighted by Crippen LogP contribution is -2.70. The normalized spacial score (nSPS) is 27.0. The van der Waals surface area contributed by atoms with E-state index in [1.807, 2.05) is 6.07 Å². The fourth-order valence-electron chi connectivity index (χ4n) is 3.74. The Balaban J connectivity index is 1.85. The van der Waals surface area contributed by atoms with Gasteiger partial charge in [0.15, 0.2) is 0 Å². The Hall–Kier alpha value is -0.940. The molecule has 21 heavy (non-hydrogen) atoms. The topological polar surface area (TPSA) is 44.7 Å². The zero-order valence-corrected chi connectivity index (χ0v) is 12.8. The lowest BCUT2D eigenvalue weighted by molar-refractivity contribution is -0.112. The number of hydrogen-bond acceptors (Lipinski definition) is 4. The molecule has 2 N–H and O–H groups in total. The van der Waals surface area contributed by atoms with Crippen LogP contribution in [0.1, 0.15) is 30.9 Å². The molecule has 2 saturated heterocycles. The smallest absolute Gasteiger partial charge is 0.105 e. The van der Waals surface area contributed by atoms with E-state index in [1.165, 1.54) is 18.4 Å². The van der Waals surface area contributed by atoms with Crippen LogP contribution < -0.4 is 5.32 Å². The summed E-state index contributed by atoms with van der Waals surface area (Å²) in [6.45, 7) is 3.13. The summed E-state index contributed by atoms with van der Waals surface area (Å²) in [6.07, 6.45) is 3.48. The Morgan fingerprint density at radius 1 is 1.33 bits per heavy atom. The van der Waals surface area contributed by atoms with Crippen molar-refractivity contribution in [2.24, 2.45) is 0 Å². The fourth-order valence-corrected chi connectivity index (χ4v) is 3.74. The van der Waals surface area contributed by atoms with Crippen LogP contribution in [-0.4, -0.2) is 55.0 Å². The van der Waals surface area contributed by atoms with E-state index in [0.29, 0.717) is 19.7 Å². The number of piperidine rings is 1. The van der Waals surface area contributed by atoms with Gasteiger partial charge in [-0.05, 0) is 24.9 Å². The van der Waals surface area contributed by atoms with Crippen LogP contribution in [0.15, 0.2) is 30.3 Å². The zero-order valence-electron chi connectivity index (χ0n) is 12.8. The van der Waals surface area contributed by atoms with E-state index in [2.05, 4.69) is 34.5 Å². The molecule has 4 heteroatoms. The van der Waals surface area contributed by atoms with Gasteiger partial charge in [-0.15, -0.1) is 0 Å². The van der Waals surface area contributed by atoms with E-state index in [9.17, 15) is 5.11 Å². The molecule has 0 radical (unpaired) electrons. The maximum absolute atomic E-state index is 10.8. The van der Waals surface area contributed by atoms with Crippen LogP contribution in [0, 0.1) is 0 Å². The minimum Gasteiger partial charge on any atom is -0.386 e. The molecule has 1 aromatic rings. The van der Waals surface area contributed by atoms with Gasteiger partial charge in [-0.1, -0.05) is 36.8 Å². The highest BCUT2D eigenvalue weighted by molar-refractivity contribution is 5.20. The van der Waals surface area contributed by atoms with E-state index in [1.54, 1.807) is 7.11 Å². The van der Waals surface area contributed by atoms with Crippen molar-refractivity contribution in [2.75, 3.05) is 33.4 Å². The van der Waals surface area contributed by atoms with E-state index in [-0.39, 0.29) is 12.1 Å². The number of nitrogens with zero attached hydrogens (tertiary/aromatic N) is 1. The van der Waals surface area contributed by atoms with Gasteiger partial charge in [-0.3, -0.25) is 4.90 Å². The summed E-state index contributed by atoms with van der Waals surface area (Å²) in [5.41, 5.74) is 0.711. The van der Waals surface area contributed by atoms with Crippen LogP contribution in [0.25, 0.3) is 0 Å². The van der Waals surface area contributed by atoms with Gasteiger partial charge in [-0.25, -0.2) is 0 Å². The predicted molar refractivity (Wildman–Crippen MR) is 83.2 cm³/mol. The lowest BCUT2D eigenvalue weighted by atomic mass is 9.80. The summed E-state index contributed by atoms with van der Waals surface area (Å²) >= 11 is 0. The summed E-state index contributed by atoms with van der Waals surface area (Å²) in [4.78, 5) is 2.48. The SMILES string of the molecule is COC[C@H](c1ccccc1)N1CCCC[C@H]1C1(O)CNC1. The molecule has 2 aliphatic heterocycles. The molecule has 0 aliphatic carbocycles. The monoisotopic (exact) mass is 290 g/mol. The minimum absolute atomic E-state index is 0.228. The van der Waals surface area contributed by atoms with Gasteiger partial charge in [0.1, 0.15) is 5.60 Å². The molecule has 0 spiro atoms. The summed E-state index contributed by atoms with van der Waals surface area (Å²) in [7, 11) is 1.76. The van der Waals surface area contributed by atoms with Crippen molar-refractivity contribution < 1.29 is 9.84 Å². The van der Waals surface area contributed by atoms with Crippen molar-refractivity contribution in [3.8, 4) is 0 Å². The molecule has 2 atom stereocenters. The van der Waals surface area contributed by atoms with Crippen LogP contribution in [0.5, 0.6) is 0 Å². The average molecular weight is 290 g/mol. The third-order valence-electron chi connectivity index (χ3n) is 4.94. The van der Waals surface area contributed by atoms with Crippen molar-refractivity contribution in [2.45, 2.75) is 36.9 Å². The number of nitrogens with one attached hydrogen (secondary N) is 1. The first-order valence-electron chi connectivity index (χ1n) is 7.97. The number of rotatable bonds is 5. The maximum atomic E-state index is 10.8. The van der Waals surface area contributed by atoms with Crippen molar-refractivity contribution in [1.29, 1.82) is 0 Å². The Bertz CT molecular complexity index is 447. The molecule has 4 nitrogen and oxygen atoms in total. The van der Waals surface area contributed by atoms with Gasteiger partial charge in [0, 0.05) is 26.2 Å². The molecule has 3 rings (SSSR count). The quantitative estimate of drug-likeness (QED) is 0.864. The standard InChI is InChI=1S/C17H26N2O2/c1-21-11-15(14-7-3-2-4-8-14)19-10-6-5-9-16(19)17(20)12-18-13-17/h2-4,7-8,15-16,18,20H,5-6,9-13H2,1H3/t15-,16+/m1/s1. The van der Waals surface area contributed by atoms with Crippen molar-refractivity contribution in [3.63, 3.8) is 0 Å². The summed E-state index contributed by atoms with van der Waals surface area (Å²) in [6, 6.07) is 11.0. The molecule has 0 bridgehead atoms. The molecule has 0 aromatic heterocycles. The molecule has 116 valence electrons. The second-order valence-electron chi connectivity index (χ2n) is 6.34. The first kappa shape index (κ1) is 15.0. The molecule has 2 fully saturated rings. The maximum Gasteiger partial charge on any atom is 0.105 e. The Kier molecular flexibility index (Phi) is 4.60. The summed E-state index contributed by atoms with van der Waals surface area (Å²) < 4.78 is 5.49. The third kappa shape index (κ3) is 2.99. The zero-order chi connectivity index (χ0) is 14.7. The van der Waals surface area contributed by atoms with Crippen LogP contribution in [0.3, 0.4) is 0 Å². The van der Waals surface area contributed by atoms with Gasteiger partial charge in [0.2, 0.25) is 0 Å². The molecule has 0 saturated carbocycles. The minimum atomic E-state index is -0.568. The van der Waals surface area contributed by atoms with Crippen molar-refractivity contribution >= 4 is 0 Å². The number of ether oxygens (including phenoxy) is 1. The van der Waals surface area contributed by atoms with Crippen molar-refractivity contribution in [1.82, 2.24) is 10.2 Å². The average Bonchev–Trinajstić information content (AvgIpc) is 2.51. The predicted octanol–water partition coefficient (Wildman–Crippen LogP) is 1.56. The number of benzene rings is 1. The highest BCUT2D eigenvalue weighted by atomic mass is 16.5. The van der Waals surface area contributed by atoms with Crippen LogP contribution in [0.4, 0.5) is 0 Å². The number of aliphatic hydroxyl groups is 1. The Morgan fingerprint density at radius 3 is 2.71 bits per heavy atom. The molecule has 0 unspecified atom stereocenters. The van der Waals surface area contributed by atoms with Gasteiger partial charge in [-0.2, -0.15) is 0 Å². The highest BCUT2D eigenvalue weighted by Crippen LogP contribution is 2.35. The first-order valence-corrected chi connectivity index (χ1v) is 7.97. The summed E-state index contributed by atoms with van der Waals surface area (Å²) in [5.74, 6) is 0. The van der Waals surface area contributed by atoms with Crippen LogP contribution in [-0.2, 0) is 4.74 Å². The number of methoxy groups -OCH3 is 1. The first-order chi connectivity index (χ1) is 10.2. The van der Waals surface area contributed by atoms with E-state index in [0.717, 1.165) is 13.0 Å². The van der Waals surface area contributed by atoms with Gasteiger partial charge in [0.05, 0.1) is 12.6 Å². The molecule has 2 heterocycles. The molecule has 0 amide bonds. The van der Waals surface area contributed by atoms with Gasteiger partial charge in [0.25, 0.3) is 0 Å². The number of likely N-dealkylation sites (tertiary alicyclic amines) is 1. The Labute approximate surface area is 127 Å². The van der Waals surface area contributed by atoms with E-state index >= 15 is 0 Å². The van der Waals surface area contributed by atoms with E-state index < -0.39 is 5.60 Å². The molecular formula is C17H26N2O2. The Morgan fingerprint density at radius 2 is 2.10 bits per heavy atom. The lowest BCUT2D eigenvalue weighted by Gasteiger charge is -2.52. The second-order valence-corrected chi connectivity index (χ2v) is 6.34.